The second-order valence-electron chi connectivity index (χ2n) is 7.69. The zero-order valence-corrected chi connectivity index (χ0v) is 18.0. The predicted molar refractivity (Wildman–Crippen MR) is 124 cm³/mol. The summed E-state index contributed by atoms with van der Waals surface area (Å²) < 4.78 is 0. The minimum atomic E-state index is 0.289. The lowest BCUT2D eigenvalue weighted by Gasteiger charge is -2.19. The SMILES string of the molecule is CCNC(=NCCCN1CCCC1=O)NCCC(c1ccccc1)c1ccccc1. The van der Waals surface area contributed by atoms with Gasteiger partial charge in [0, 0.05) is 45.1 Å². The fourth-order valence-corrected chi connectivity index (χ4v) is 3.97. The van der Waals surface area contributed by atoms with Crippen molar-refractivity contribution < 1.29 is 4.79 Å². The van der Waals surface area contributed by atoms with Gasteiger partial charge in [-0.05, 0) is 37.3 Å². The molecule has 0 saturated carbocycles. The van der Waals surface area contributed by atoms with Crippen LogP contribution in [0, 0.1) is 0 Å². The summed E-state index contributed by atoms with van der Waals surface area (Å²) in [5.74, 6) is 1.49. The maximum atomic E-state index is 11.7. The first kappa shape index (κ1) is 21.9. The third kappa shape index (κ3) is 6.61. The van der Waals surface area contributed by atoms with E-state index >= 15 is 0 Å². The van der Waals surface area contributed by atoms with Crippen molar-refractivity contribution in [1.29, 1.82) is 0 Å². The van der Waals surface area contributed by atoms with Gasteiger partial charge in [0.15, 0.2) is 5.96 Å². The van der Waals surface area contributed by atoms with Crippen molar-refractivity contribution in [2.45, 2.75) is 38.5 Å². The first-order valence-electron chi connectivity index (χ1n) is 11.2. The van der Waals surface area contributed by atoms with E-state index in [0.29, 0.717) is 12.3 Å². The minimum absolute atomic E-state index is 0.289. The molecule has 1 saturated heterocycles. The minimum Gasteiger partial charge on any atom is -0.357 e. The monoisotopic (exact) mass is 406 g/mol. The third-order valence-corrected chi connectivity index (χ3v) is 5.50. The number of carbonyl (C=O) groups is 1. The van der Waals surface area contributed by atoms with Gasteiger partial charge in [-0.1, -0.05) is 60.7 Å². The van der Waals surface area contributed by atoms with Crippen molar-refractivity contribution in [3.05, 3.63) is 71.8 Å². The summed E-state index contributed by atoms with van der Waals surface area (Å²) in [6, 6.07) is 21.4. The van der Waals surface area contributed by atoms with Crippen LogP contribution in [-0.4, -0.2) is 49.5 Å². The summed E-state index contributed by atoms with van der Waals surface area (Å²) >= 11 is 0. The summed E-state index contributed by atoms with van der Waals surface area (Å²) in [5.41, 5.74) is 2.67. The van der Waals surface area contributed by atoms with Crippen LogP contribution >= 0.6 is 0 Å². The first-order valence-corrected chi connectivity index (χ1v) is 11.2. The Bertz CT molecular complexity index is 752. The molecular formula is C25H34N4O. The number of carbonyl (C=O) groups excluding carboxylic acids is 1. The van der Waals surface area contributed by atoms with E-state index in [-0.39, 0.29) is 5.91 Å². The second-order valence-corrected chi connectivity index (χ2v) is 7.69. The summed E-state index contributed by atoms with van der Waals surface area (Å²) in [4.78, 5) is 18.4. The smallest absolute Gasteiger partial charge is 0.222 e. The first-order chi connectivity index (χ1) is 14.8. The zero-order chi connectivity index (χ0) is 21.0. The van der Waals surface area contributed by atoms with Gasteiger partial charge < -0.3 is 15.5 Å². The highest BCUT2D eigenvalue weighted by Gasteiger charge is 2.19. The molecule has 2 N–H and O–H groups in total. The molecule has 0 aromatic heterocycles. The quantitative estimate of drug-likeness (QED) is 0.359. The lowest BCUT2D eigenvalue weighted by atomic mass is 9.88. The molecule has 30 heavy (non-hydrogen) atoms. The van der Waals surface area contributed by atoms with Crippen LogP contribution in [-0.2, 0) is 4.79 Å². The van der Waals surface area contributed by atoms with E-state index in [2.05, 4.69) is 78.2 Å². The molecule has 0 unspecified atom stereocenters. The number of nitrogens with one attached hydrogen (secondary N) is 2. The standard InChI is InChI=1S/C25H34N4O/c1-2-26-25(27-17-10-20-29-19-9-15-24(29)30)28-18-16-23(21-11-5-3-6-12-21)22-13-7-4-8-14-22/h3-8,11-14,23H,2,9-10,15-20H2,1H3,(H2,26,27,28). The van der Waals surface area contributed by atoms with Crippen LogP contribution in [0.5, 0.6) is 0 Å². The van der Waals surface area contributed by atoms with Gasteiger partial charge in [0.25, 0.3) is 0 Å². The summed E-state index contributed by atoms with van der Waals surface area (Å²) in [5, 5.41) is 6.82. The largest absolute Gasteiger partial charge is 0.357 e. The maximum absolute atomic E-state index is 11.7. The molecule has 0 bridgehead atoms. The number of benzene rings is 2. The van der Waals surface area contributed by atoms with Gasteiger partial charge in [-0.3, -0.25) is 9.79 Å². The Morgan fingerprint density at radius 1 is 1.03 bits per heavy atom. The number of nitrogens with zero attached hydrogens (tertiary/aromatic N) is 2. The van der Waals surface area contributed by atoms with Crippen LogP contribution in [0.3, 0.4) is 0 Å². The number of aliphatic imine (C=N–C) groups is 1. The lowest BCUT2D eigenvalue weighted by molar-refractivity contribution is -0.127. The topological polar surface area (TPSA) is 56.7 Å². The van der Waals surface area contributed by atoms with Gasteiger partial charge in [0.2, 0.25) is 5.91 Å². The Hall–Kier alpha value is -2.82. The molecular weight excluding hydrogens is 372 g/mol. The van der Waals surface area contributed by atoms with Crippen molar-refractivity contribution in [3.63, 3.8) is 0 Å². The predicted octanol–water partition coefficient (Wildman–Crippen LogP) is 3.78. The van der Waals surface area contributed by atoms with E-state index in [1.165, 1.54) is 11.1 Å². The lowest BCUT2D eigenvalue weighted by Crippen LogP contribution is -2.38. The molecule has 5 heteroatoms. The Morgan fingerprint density at radius 2 is 1.70 bits per heavy atom. The summed E-state index contributed by atoms with van der Waals surface area (Å²) in [7, 11) is 0. The van der Waals surface area contributed by atoms with Crippen molar-refractivity contribution in [2.24, 2.45) is 4.99 Å². The van der Waals surface area contributed by atoms with Crippen LogP contribution in [0.25, 0.3) is 0 Å². The molecule has 160 valence electrons. The van der Waals surface area contributed by atoms with Gasteiger partial charge in [0.05, 0.1) is 0 Å². The highest BCUT2D eigenvalue weighted by atomic mass is 16.2. The van der Waals surface area contributed by atoms with Gasteiger partial charge in [-0.15, -0.1) is 0 Å². The van der Waals surface area contributed by atoms with Crippen molar-refractivity contribution >= 4 is 11.9 Å². The number of hydrogen-bond donors (Lipinski definition) is 2. The second kappa shape index (κ2) is 12.0. The van der Waals surface area contributed by atoms with E-state index in [1.54, 1.807) is 0 Å². The zero-order valence-electron chi connectivity index (χ0n) is 18.0. The molecule has 0 radical (unpaired) electrons. The number of amides is 1. The number of likely N-dealkylation sites (tertiary alicyclic amines) is 1. The van der Waals surface area contributed by atoms with E-state index in [1.807, 2.05) is 4.90 Å². The molecule has 2 aromatic rings. The molecule has 2 aromatic carbocycles. The Labute approximate surface area is 180 Å². The number of hydrogen-bond acceptors (Lipinski definition) is 2. The van der Waals surface area contributed by atoms with E-state index in [4.69, 9.17) is 4.99 Å². The van der Waals surface area contributed by atoms with Gasteiger partial charge >= 0.3 is 0 Å². The average molecular weight is 407 g/mol. The Kier molecular flexibility index (Phi) is 8.76. The fourth-order valence-electron chi connectivity index (χ4n) is 3.97. The highest BCUT2D eigenvalue weighted by Crippen LogP contribution is 2.27. The maximum Gasteiger partial charge on any atom is 0.222 e. The van der Waals surface area contributed by atoms with Gasteiger partial charge in [-0.25, -0.2) is 0 Å². The Balaban J connectivity index is 1.52. The summed E-state index contributed by atoms with van der Waals surface area (Å²) in [6.45, 7) is 6.19. The molecule has 0 atom stereocenters. The van der Waals surface area contributed by atoms with E-state index in [0.717, 1.165) is 57.9 Å². The van der Waals surface area contributed by atoms with Crippen LogP contribution < -0.4 is 10.6 Å². The van der Waals surface area contributed by atoms with E-state index in [9.17, 15) is 4.79 Å². The molecule has 1 heterocycles. The molecule has 0 spiro atoms. The van der Waals surface area contributed by atoms with Crippen LogP contribution in [0.2, 0.25) is 0 Å². The molecule has 1 fully saturated rings. The van der Waals surface area contributed by atoms with Crippen molar-refractivity contribution in [2.75, 3.05) is 32.7 Å². The molecule has 1 aliphatic heterocycles. The highest BCUT2D eigenvalue weighted by molar-refractivity contribution is 5.79. The van der Waals surface area contributed by atoms with Crippen molar-refractivity contribution in [1.82, 2.24) is 15.5 Å². The molecule has 1 aliphatic rings. The number of rotatable bonds is 10. The third-order valence-electron chi connectivity index (χ3n) is 5.50. The molecule has 3 rings (SSSR count). The van der Waals surface area contributed by atoms with Gasteiger partial charge in [-0.2, -0.15) is 0 Å². The Morgan fingerprint density at radius 3 is 2.27 bits per heavy atom. The average Bonchev–Trinajstić information content (AvgIpc) is 3.20. The van der Waals surface area contributed by atoms with Crippen LogP contribution in [0.15, 0.2) is 65.7 Å². The van der Waals surface area contributed by atoms with Crippen LogP contribution in [0.1, 0.15) is 49.7 Å². The normalized spacial score (nSPS) is 14.4. The van der Waals surface area contributed by atoms with Crippen molar-refractivity contribution in [3.8, 4) is 0 Å². The summed E-state index contributed by atoms with van der Waals surface area (Å²) in [6.07, 6.45) is 3.59. The van der Waals surface area contributed by atoms with Gasteiger partial charge in [0.1, 0.15) is 0 Å². The number of guanidine groups is 1. The fraction of sp³-hybridized carbons (Fsp3) is 0.440. The van der Waals surface area contributed by atoms with E-state index < -0.39 is 0 Å². The molecule has 1 amide bonds. The van der Waals surface area contributed by atoms with Crippen LogP contribution in [0.4, 0.5) is 0 Å². The molecule has 0 aliphatic carbocycles. The molecule has 5 nitrogen and oxygen atoms in total.